The van der Waals surface area contributed by atoms with Gasteiger partial charge in [-0.1, -0.05) is 99.6 Å². The first-order valence-electron chi connectivity index (χ1n) is 12.0. The zero-order valence-electron chi connectivity index (χ0n) is 20.5. The van der Waals surface area contributed by atoms with Crippen LogP contribution < -0.4 is 10.4 Å². The van der Waals surface area contributed by atoms with E-state index >= 15 is 0 Å². The zero-order valence-corrected chi connectivity index (χ0v) is 22.3. The maximum atomic E-state index is 13.3. The highest BCUT2D eigenvalue weighted by molar-refractivity contribution is 7.92. The van der Waals surface area contributed by atoms with Crippen molar-refractivity contribution in [3.8, 4) is 0 Å². The average Bonchev–Trinajstić information content (AvgIpc) is 2.85. The van der Waals surface area contributed by atoms with Gasteiger partial charge in [-0.25, -0.2) is 8.42 Å². The van der Waals surface area contributed by atoms with Crippen molar-refractivity contribution in [2.45, 2.75) is 61.2 Å². The summed E-state index contributed by atoms with van der Waals surface area (Å²) in [5, 5.41) is 11.8. The first-order valence-corrected chi connectivity index (χ1v) is 15.5. The molecule has 186 valence electrons. The van der Waals surface area contributed by atoms with E-state index in [1.807, 2.05) is 36.4 Å². The molecule has 1 aliphatic heterocycles. The van der Waals surface area contributed by atoms with Crippen LogP contribution in [0.5, 0.6) is 0 Å². The lowest BCUT2D eigenvalue weighted by Crippen LogP contribution is -2.67. The van der Waals surface area contributed by atoms with Gasteiger partial charge in [-0.2, -0.15) is 0 Å². The molecule has 0 aromatic heterocycles. The van der Waals surface area contributed by atoms with Crippen LogP contribution in [-0.4, -0.2) is 46.1 Å². The third-order valence-corrected chi connectivity index (χ3v) is 13.9. The molecule has 1 fully saturated rings. The van der Waals surface area contributed by atoms with E-state index in [9.17, 15) is 13.5 Å². The van der Waals surface area contributed by atoms with E-state index in [1.165, 1.54) is 0 Å². The Hall–Kier alpha value is -2.29. The molecule has 7 heteroatoms. The van der Waals surface area contributed by atoms with E-state index in [0.717, 1.165) is 10.4 Å². The lowest BCUT2D eigenvalue weighted by molar-refractivity contribution is -0.169. The number of aliphatic hydroxyl groups excluding tert-OH is 1. The maximum absolute atomic E-state index is 13.3. The molecule has 0 aliphatic carbocycles. The second kappa shape index (κ2) is 10.4. The number of rotatable bonds is 7. The van der Waals surface area contributed by atoms with E-state index in [1.54, 1.807) is 30.3 Å². The van der Waals surface area contributed by atoms with Crippen molar-refractivity contribution in [1.82, 2.24) is 0 Å². The predicted octanol–water partition coefficient (Wildman–Crippen LogP) is 3.90. The average molecular weight is 511 g/mol. The highest BCUT2D eigenvalue weighted by Crippen LogP contribution is 2.37. The maximum Gasteiger partial charge on any atom is 0.261 e. The normalized spacial score (nSPS) is 21.5. The minimum atomic E-state index is -3.60. The molecule has 0 spiro atoms. The minimum Gasteiger partial charge on any atom is -0.405 e. The SMILES string of the molecule is CC(C)(C)[Si](OC[C@@H]1C[C@H](S(=O)(=O)c2ccccc2)C[C@H](O)O1)(c1ccccc1)c1ccccc1. The molecule has 1 aliphatic rings. The first kappa shape index (κ1) is 25.8. The van der Waals surface area contributed by atoms with E-state index < -0.39 is 35.8 Å². The van der Waals surface area contributed by atoms with Crippen LogP contribution in [0.1, 0.15) is 33.6 Å². The monoisotopic (exact) mass is 510 g/mol. The summed E-state index contributed by atoms with van der Waals surface area (Å²) in [5.41, 5.74) is 0. The Bertz CT molecular complexity index is 1150. The van der Waals surface area contributed by atoms with Gasteiger partial charge in [-0.05, 0) is 34.0 Å². The van der Waals surface area contributed by atoms with Crippen LogP contribution in [0, 0.1) is 0 Å². The summed E-state index contributed by atoms with van der Waals surface area (Å²) in [6.45, 7) is 6.78. The van der Waals surface area contributed by atoms with Crippen molar-refractivity contribution in [1.29, 1.82) is 0 Å². The van der Waals surface area contributed by atoms with Crippen LogP contribution in [0.25, 0.3) is 0 Å². The molecule has 1 heterocycles. The Morgan fingerprint density at radius 1 is 0.857 bits per heavy atom. The van der Waals surface area contributed by atoms with Gasteiger partial charge in [0.25, 0.3) is 8.32 Å². The number of sulfone groups is 1. The van der Waals surface area contributed by atoms with Crippen molar-refractivity contribution in [3.63, 3.8) is 0 Å². The third-order valence-electron chi connectivity index (χ3n) is 6.75. The van der Waals surface area contributed by atoms with E-state index in [0.29, 0.717) is 0 Å². The Kier molecular flexibility index (Phi) is 7.64. The van der Waals surface area contributed by atoms with Crippen LogP contribution in [0.15, 0.2) is 95.9 Å². The fourth-order valence-electron chi connectivity index (χ4n) is 5.09. The summed E-state index contributed by atoms with van der Waals surface area (Å²) in [4.78, 5) is 0.269. The van der Waals surface area contributed by atoms with Gasteiger partial charge in [0.1, 0.15) is 0 Å². The number of hydrogen-bond acceptors (Lipinski definition) is 5. The molecule has 3 aromatic rings. The fraction of sp³-hybridized carbons (Fsp3) is 0.357. The molecule has 0 bridgehead atoms. The van der Waals surface area contributed by atoms with Gasteiger partial charge in [-0.3, -0.25) is 0 Å². The second-order valence-electron chi connectivity index (χ2n) is 10.1. The number of hydrogen-bond donors (Lipinski definition) is 1. The lowest BCUT2D eigenvalue weighted by Gasteiger charge is -2.44. The molecule has 3 atom stereocenters. The molecule has 35 heavy (non-hydrogen) atoms. The molecule has 1 N–H and O–H groups in total. The number of ether oxygens (including phenoxy) is 1. The molecule has 0 radical (unpaired) electrons. The summed E-state index contributed by atoms with van der Waals surface area (Å²) in [7, 11) is -6.40. The van der Waals surface area contributed by atoms with Gasteiger partial charge in [0.15, 0.2) is 16.1 Å². The largest absolute Gasteiger partial charge is 0.405 e. The van der Waals surface area contributed by atoms with Crippen LogP contribution in [0.4, 0.5) is 0 Å². The van der Waals surface area contributed by atoms with Crippen LogP contribution in [0.3, 0.4) is 0 Å². The molecular weight excluding hydrogens is 476 g/mol. The van der Waals surface area contributed by atoms with Crippen LogP contribution in [-0.2, 0) is 19.0 Å². The quantitative estimate of drug-likeness (QED) is 0.488. The molecule has 4 rings (SSSR count). The zero-order chi connectivity index (χ0) is 25.1. The Morgan fingerprint density at radius 3 is 1.83 bits per heavy atom. The van der Waals surface area contributed by atoms with Gasteiger partial charge >= 0.3 is 0 Å². The lowest BCUT2D eigenvalue weighted by atomic mass is 10.1. The smallest absolute Gasteiger partial charge is 0.261 e. The van der Waals surface area contributed by atoms with Crippen LogP contribution >= 0.6 is 0 Å². The third kappa shape index (κ3) is 5.29. The van der Waals surface area contributed by atoms with E-state index in [2.05, 4.69) is 45.0 Å². The van der Waals surface area contributed by atoms with E-state index in [-0.39, 0.29) is 29.4 Å². The summed E-state index contributed by atoms with van der Waals surface area (Å²) < 4.78 is 39.3. The molecule has 3 aromatic carbocycles. The topological polar surface area (TPSA) is 72.8 Å². The first-order chi connectivity index (χ1) is 16.6. The van der Waals surface area contributed by atoms with Crippen molar-refractivity contribution in [3.05, 3.63) is 91.0 Å². The molecule has 1 saturated heterocycles. The van der Waals surface area contributed by atoms with Gasteiger partial charge in [0.05, 0.1) is 22.9 Å². The molecule has 0 saturated carbocycles. The van der Waals surface area contributed by atoms with Crippen molar-refractivity contribution in [2.75, 3.05) is 6.61 Å². The summed E-state index contributed by atoms with van der Waals surface area (Å²) in [6, 6.07) is 29.0. The van der Waals surface area contributed by atoms with Gasteiger partial charge in [0.2, 0.25) is 0 Å². The van der Waals surface area contributed by atoms with Gasteiger partial charge in [-0.15, -0.1) is 0 Å². The number of aliphatic hydroxyl groups is 1. The van der Waals surface area contributed by atoms with Crippen molar-refractivity contribution in [2.24, 2.45) is 0 Å². The second-order valence-corrected chi connectivity index (χ2v) is 16.7. The fourth-order valence-corrected chi connectivity index (χ4v) is 11.5. The Labute approximate surface area is 209 Å². The summed E-state index contributed by atoms with van der Waals surface area (Å²) in [5.74, 6) is 0. The standard InChI is InChI=1S/C28H34O5SSi/c1-28(2,3)35(25-15-9-5-10-16-25,26-17-11-6-12-18-26)32-21-22-19-24(20-27(29)33-22)34(30,31)23-13-7-4-8-14-23/h4-18,22,24,27,29H,19-21H2,1-3H3/t22-,24-,27+/m0/s1. The van der Waals surface area contributed by atoms with Crippen LogP contribution in [0.2, 0.25) is 5.04 Å². The molecule has 0 unspecified atom stereocenters. The molecule has 0 amide bonds. The predicted molar refractivity (Wildman–Crippen MR) is 141 cm³/mol. The summed E-state index contributed by atoms with van der Waals surface area (Å²) >= 11 is 0. The highest BCUT2D eigenvalue weighted by atomic mass is 32.2. The molecular formula is C28H34O5SSi. The Balaban J connectivity index is 1.65. The van der Waals surface area contributed by atoms with Crippen molar-refractivity contribution >= 4 is 28.5 Å². The van der Waals surface area contributed by atoms with E-state index in [4.69, 9.17) is 9.16 Å². The van der Waals surface area contributed by atoms with Gasteiger partial charge < -0.3 is 14.3 Å². The minimum absolute atomic E-state index is 0.0486. The Morgan fingerprint density at radius 2 is 1.34 bits per heavy atom. The van der Waals surface area contributed by atoms with Crippen molar-refractivity contribution < 1.29 is 22.7 Å². The summed E-state index contributed by atoms with van der Waals surface area (Å²) in [6.07, 6.45) is -1.37. The number of benzene rings is 3. The highest BCUT2D eigenvalue weighted by Gasteiger charge is 2.51. The molecule has 5 nitrogen and oxygen atoms in total. The van der Waals surface area contributed by atoms with Gasteiger partial charge in [0, 0.05) is 6.42 Å².